The zero-order valence-corrected chi connectivity index (χ0v) is 17.6. The molecule has 0 fully saturated rings. The van der Waals surface area contributed by atoms with Crippen molar-refractivity contribution >= 4 is 29.2 Å². The van der Waals surface area contributed by atoms with Crippen LogP contribution in [0.5, 0.6) is 0 Å². The maximum Gasteiger partial charge on any atom is 0.282 e. The van der Waals surface area contributed by atoms with Gasteiger partial charge in [0, 0.05) is 5.02 Å². The number of hydrogen-bond acceptors (Lipinski definition) is 3. The summed E-state index contributed by atoms with van der Waals surface area (Å²) < 4.78 is 14.6. The molecule has 1 aromatic heterocycles. The molecule has 2 atom stereocenters. The summed E-state index contributed by atoms with van der Waals surface area (Å²) in [7, 11) is 0. The van der Waals surface area contributed by atoms with Crippen LogP contribution in [0.2, 0.25) is 5.02 Å². The van der Waals surface area contributed by atoms with Crippen molar-refractivity contribution in [3.05, 3.63) is 105 Å². The fraction of sp³-hybridized carbons (Fsp3) is 0.167. The van der Waals surface area contributed by atoms with Crippen molar-refractivity contribution in [1.29, 1.82) is 0 Å². The molecule has 0 unspecified atom stereocenters. The number of amides is 2. The van der Waals surface area contributed by atoms with E-state index in [2.05, 4.69) is 9.83 Å². The second-order valence-electron chi connectivity index (χ2n) is 7.42. The van der Waals surface area contributed by atoms with Gasteiger partial charge in [-0.05, 0) is 47.7 Å². The summed E-state index contributed by atoms with van der Waals surface area (Å²) in [6.45, 7) is 7.39. The normalized spacial score (nSPS) is 15.5. The fourth-order valence-corrected chi connectivity index (χ4v) is 4.45. The summed E-state index contributed by atoms with van der Waals surface area (Å²) in [5.74, 6) is -1.88. The Labute approximate surface area is 189 Å². The largest absolute Gasteiger partial charge is 0.368 e. The van der Waals surface area contributed by atoms with Gasteiger partial charge in [-0.3, -0.25) is 9.59 Å². The van der Waals surface area contributed by atoms with E-state index in [0.29, 0.717) is 29.5 Å². The van der Waals surface area contributed by atoms with E-state index in [1.165, 1.54) is 23.2 Å². The molecule has 32 heavy (non-hydrogen) atoms. The molecule has 0 spiro atoms. The first-order valence-corrected chi connectivity index (χ1v) is 10.3. The highest BCUT2D eigenvalue weighted by Crippen LogP contribution is 2.43. The van der Waals surface area contributed by atoms with Crippen LogP contribution in [0, 0.1) is 12.4 Å². The lowest BCUT2D eigenvalue weighted by Crippen LogP contribution is -2.43. The molecule has 2 aromatic carbocycles. The van der Waals surface area contributed by atoms with Crippen molar-refractivity contribution in [1.82, 2.24) is 9.88 Å². The Balaban J connectivity index is 1.92. The monoisotopic (exact) mass is 448 g/mol. The molecule has 8 heteroatoms. The van der Waals surface area contributed by atoms with Gasteiger partial charge in [-0.1, -0.05) is 54.6 Å². The highest BCUT2D eigenvalue weighted by atomic mass is 35.5. The zero-order chi connectivity index (χ0) is 22.8. The minimum atomic E-state index is -1.14. The molecule has 1 aliphatic carbocycles. The smallest absolute Gasteiger partial charge is 0.282 e. The van der Waals surface area contributed by atoms with Crippen molar-refractivity contribution in [2.24, 2.45) is 5.73 Å². The first-order chi connectivity index (χ1) is 15.4. The fourth-order valence-electron chi connectivity index (χ4n) is 4.24. The third-order valence-electron chi connectivity index (χ3n) is 5.58. The van der Waals surface area contributed by atoms with Gasteiger partial charge in [-0.25, -0.2) is 4.39 Å². The van der Waals surface area contributed by atoms with Crippen molar-refractivity contribution in [3.8, 4) is 0 Å². The molecule has 0 radical (unpaired) electrons. The van der Waals surface area contributed by atoms with Crippen LogP contribution in [0.1, 0.15) is 45.6 Å². The predicted octanol–water partition coefficient (Wildman–Crippen LogP) is 4.78. The van der Waals surface area contributed by atoms with E-state index in [9.17, 15) is 14.0 Å². The van der Waals surface area contributed by atoms with Crippen LogP contribution in [0.15, 0.2) is 60.8 Å². The molecule has 0 saturated heterocycles. The summed E-state index contributed by atoms with van der Waals surface area (Å²) in [5.41, 5.74) is 7.32. The molecule has 1 aliphatic rings. The number of pyridine rings is 1. The maximum absolute atomic E-state index is 14.6. The Morgan fingerprint density at radius 1 is 1.22 bits per heavy atom. The molecule has 1 heterocycles. The van der Waals surface area contributed by atoms with Gasteiger partial charge >= 0.3 is 0 Å². The Morgan fingerprint density at radius 3 is 2.66 bits per heavy atom. The number of halogens is 2. The summed E-state index contributed by atoms with van der Waals surface area (Å²) in [4.78, 5) is 35.2. The van der Waals surface area contributed by atoms with Crippen molar-refractivity contribution in [2.45, 2.75) is 24.9 Å². The van der Waals surface area contributed by atoms with E-state index in [0.717, 1.165) is 0 Å². The average Bonchev–Trinajstić information content (AvgIpc) is 3.20. The van der Waals surface area contributed by atoms with Gasteiger partial charge < -0.3 is 15.5 Å². The standard InChI is InChI=1S/C24H18ClFN4O2/c1-28-23-17(8-5-11-29-23)24(32)30(21(22(27)31)14-6-3-2-4-7-14)20-10-9-16-18(20)12-15(25)13-19(16)26/h2-8,11-13,20-21H,9-10H2,(H2,27,31)/t20-,21-/m1/s1. The lowest BCUT2D eigenvalue weighted by molar-refractivity contribution is -0.123. The van der Waals surface area contributed by atoms with E-state index >= 15 is 0 Å². The molecule has 0 aliphatic heterocycles. The number of carbonyl (C=O) groups excluding carboxylic acids is 2. The number of aromatic nitrogens is 1. The van der Waals surface area contributed by atoms with Gasteiger partial charge in [-0.15, -0.1) is 4.98 Å². The Bertz CT molecular complexity index is 1240. The minimum Gasteiger partial charge on any atom is -0.368 e. The van der Waals surface area contributed by atoms with Crippen LogP contribution in [-0.4, -0.2) is 21.7 Å². The average molecular weight is 449 g/mol. The van der Waals surface area contributed by atoms with Crippen LogP contribution < -0.4 is 5.73 Å². The van der Waals surface area contributed by atoms with Crippen LogP contribution in [0.25, 0.3) is 4.85 Å². The molecular weight excluding hydrogens is 431 g/mol. The number of benzene rings is 2. The summed E-state index contributed by atoms with van der Waals surface area (Å²) in [6.07, 6.45) is 2.16. The SMILES string of the molecule is [C-]#[N+]c1ncccc1C(=O)N([C@@H]1CCc2c(F)cc(Cl)cc21)[C@@H](C(N)=O)c1ccccc1. The van der Waals surface area contributed by atoms with Crippen LogP contribution >= 0.6 is 11.6 Å². The van der Waals surface area contributed by atoms with Gasteiger partial charge in [0.05, 0.1) is 11.6 Å². The number of fused-ring (bicyclic) bond motifs is 1. The Morgan fingerprint density at radius 2 is 1.97 bits per heavy atom. The van der Waals surface area contributed by atoms with Gasteiger partial charge in [0.1, 0.15) is 18.1 Å². The number of rotatable bonds is 5. The van der Waals surface area contributed by atoms with E-state index in [1.54, 1.807) is 42.5 Å². The van der Waals surface area contributed by atoms with Gasteiger partial charge in [-0.2, -0.15) is 0 Å². The van der Waals surface area contributed by atoms with Crippen LogP contribution in [-0.2, 0) is 11.2 Å². The van der Waals surface area contributed by atoms with Gasteiger partial charge in [0.15, 0.2) is 0 Å². The third-order valence-corrected chi connectivity index (χ3v) is 5.80. The molecule has 0 saturated carbocycles. The van der Waals surface area contributed by atoms with Crippen LogP contribution in [0.3, 0.4) is 0 Å². The van der Waals surface area contributed by atoms with Crippen molar-refractivity contribution < 1.29 is 14.0 Å². The summed E-state index contributed by atoms with van der Waals surface area (Å²) >= 11 is 6.12. The highest BCUT2D eigenvalue weighted by Gasteiger charge is 2.40. The summed E-state index contributed by atoms with van der Waals surface area (Å²) in [6, 6.07) is 12.7. The number of nitrogens with two attached hydrogens (primary N) is 1. The summed E-state index contributed by atoms with van der Waals surface area (Å²) in [5, 5.41) is 0.194. The predicted molar refractivity (Wildman–Crippen MR) is 118 cm³/mol. The second kappa shape index (κ2) is 8.77. The van der Waals surface area contributed by atoms with Gasteiger partial charge in [0.25, 0.3) is 5.82 Å². The number of nitrogens with zero attached hydrogens (tertiary/aromatic N) is 3. The molecule has 2 amide bonds. The van der Waals surface area contributed by atoms with E-state index in [1.807, 2.05) is 0 Å². The minimum absolute atomic E-state index is 0.0423. The molecule has 160 valence electrons. The van der Waals surface area contributed by atoms with E-state index in [-0.39, 0.29) is 16.4 Å². The highest BCUT2D eigenvalue weighted by molar-refractivity contribution is 6.30. The quantitative estimate of drug-likeness (QED) is 0.570. The topological polar surface area (TPSA) is 80.7 Å². The lowest BCUT2D eigenvalue weighted by Gasteiger charge is -2.36. The zero-order valence-electron chi connectivity index (χ0n) is 16.8. The van der Waals surface area contributed by atoms with E-state index in [4.69, 9.17) is 23.9 Å². The third kappa shape index (κ3) is 3.81. The van der Waals surface area contributed by atoms with E-state index < -0.39 is 29.7 Å². The number of hydrogen-bond donors (Lipinski definition) is 1. The molecule has 6 nitrogen and oxygen atoms in total. The molecule has 0 bridgehead atoms. The molecule has 4 rings (SSSR count). The molecular formula is C24H18ClFN4O2. The second-order valence-corrected chi connectivity index (χ2v) is 7.86. The van der Waals surface area contributed by atoms with Crippen molar-refractivity contribution in [3.63, 3.8) is 0 Å². The molecule has 2 N–H and O–H groups in total. The first-order valence-electron chi connectivity index (χ1n) is 9.89. The number of carbonyl (C=O) groups is 2. The van der Waals surface area contributed by atoms with Crippen molar-refractivity contribution in [2.75, 3.05) is 0 Å². The first kappa shape index (κ1) is 21.5. The lowest BCUT2D eigenvalue weighted by atomic mass is 9.98. The Kier molecular flexibility index (Phi) is 5.89. The van der Waals surface area contributed by atoms with Crippen LogP contribution in [0.4, 0.5) is 10.2 Å². The molecule has 3 aromatic rings. The van der Waals surface area contributed by atoms with Gasteiger partial charge in [0.2, 0.25) is 11.8 Å². The number of primary amides is 1. The Hall–Kier alpha value is -3.76. The maximum atomic E-state index is 14.6.